The minimum atomic E-state index is -4.33. The predicted octanol–water partition coefficient (Wildman–Crippen LogP) is 3.91. The molecular weight excluding hydrogens is 446 g/mol. The Labute approximate surface area is 181 Å². The summed E-state index contributed by atoms with van der Waals surface area (Å²) in [6, 6.07) is 12.9. The molecule has 0 saturated carbocycles. The first kappa shape index (κ1) is 22.8. The largest absolute Gasteiger partial charge is 0.379 e. The lowest BCUT2D eigenvalue weighted by Crippen LogP contribution is -2.26. The SMILES string of the molecule is CN(Cc1ccc(F)c(F)c1)C(=O)c1ccc(OS(=O)(=O)c2cccc([N+](=O)[O-])c2)cc1. The topological polar surface area (TPSA) is 107 Å². The van der Waals surface area contributed by atoms with Crippen LogP contribution in [0.1, 0.15) is 15.9 Å². The zero-order chi connectivity index (χ0) is 23.5. The predicted molar refractivity (Wildman–Crippen MR) is 110 cm³/mol. The van der Waals surface area contributed by atoms with Crippen LogP contribution in [0.25, 0.3) is 0 Å². The van der Waals surface area contributed by atoms with Crippen LogP contribution in [0, 0.1) is 21.7 Å². The molecule has 11 heteroatoms. The van der Waals surface area contributed by atoms with Gasteiger partial charge in [0.05, 0.1) is 4.92 Å². The lowest BCUT2D eigenvalue weighted by molar-refractivity contribution is -0.385. The summed E-state index contributed by atoms with van der Waals surface area (Å²) in [5.41, 5.74) is 0.192. The molecule has 0 atom stereocenters. The van der Waals surface area contributed by atoms with Gasteiger partial charge in [-0.3, -0.25) is 14.9 Å². The van der Waals surface area contributed by atoms with Gasteiger partial charge < -0.3 is 9.08 Å². The van der Waals surface area contributed by atoms with Gasteiger partial charge in [-0.15, -0.1) is 0 Å². The van der Waals surface area contributed by atoms with Crippen LogP contribution in [0.5, 0.6) is 5.75 Å². The average Bonchev–Trinajstić information content (AvgIpc) is 2.76. The average molecular weight is 462 g/mol. The van der Waals surface area contributed by atoms with Crippen molar-refractivity contribution in [2.45, 2.75) is 11.4 Å². The molecule has 0 unspecified atom stereocenters. The van der Waals surface area contributed by atoms with Crippen molar-refractivity contribution in [3.05, 3.63) is 99.6 Å². The van der Waals surface area contributed by atoms with Gasteiger partial charge in [-0.25, -0.2) is 8.78 Å². The van der Waals surface area contributed by atoms with E-state index in [4.69, 9.17) is 4.18 Å². The van der Waals surface area contributed by atoms with Gasteiger partial charge in [-0.05, 0) is 48.0 Å². The Kier molecular flexibility index (Phi) is 6.49. The quantitative estimate of drug-likeness (QED) is 0.299. The van der Waals surface area contributed by atoms with Crippen molar-refractivity contribution in [1.29, 1.82) is 0 Å². The van der Waals surface area contributed by atoms with Gasteiger partial charge in [0, 0.05) is 31.3 Å². The van der Waals surface area contributed by atoms with Gasteiger partial charge in [0.15, 0.2) is 11.6 Å². The lowest BCUT2D eigenvalue weighted by Gasteiger charge is -2.17. The van der Waals surface area contributed by atoms with Crippen LogP contribution in [0.4, 0.5) is 14.5 Å². The molecule has 0 aromatic heterocycles. The minimum absolute atomic E-state index is 0.0233. The molecule has 0 radical (unpaired) electrons. The second-order valence-electron chi connectivity index (χ2n) is 6.73. The Morgan fingerprint density at radius 3 is 2.34 bits per heavy atom. The second-order valence-corrected chi connectivity index (χ2v) is 8.27. The molecule has 0 heterocycles. The van der Waals surface area contributed by atoms with Gasteiger partial charge in [0.1, 0.15) is 10.6 Å². The van der Waals surface area contributed by atoms with Crippen molar-refractivity contribution < 1.29 is 31.1 Å². The molecule has 1 amide bonds. The molecule has 166 valence electrons. The molecule has 0 N–H and O–H groups in total. The van der Waals surface area contributed by atoms with E-state index in [0.29, 0.717) is 5.56 Å². The molecular formula is C21H16F2N2O6S. The van der Waals surface area contributed by atoms with Gasteiger partial charge in [0.25, 0.3) is 11.6 Å². The van der Waals surface area contributed by atoms with E-state index in [1.165, 1.54) is 48.3 Å². The Bertz CT molecular complexity index is 1280. The van der Waals surface area contributed by atoms with Gasteiger partial charge >= 0.3 is 10.1 Å². The summed E-state index contributed by atoms with van der Waals surface area (Å²) in [7, 11) is -2.86. The summed E-state index contributed by atoms with van der Waals surface area (Å²) >= 11 is 0. The summed E-state index contributed by atoms with van der Waals surface area (Å²) in [6.07, 6.45) is 0. The smallest absolute Gasteiger partial charge is 0.339 e. The van der Waals surface area contributed by atoms with Gasteiger partial charge in [0.2, 0.25) is 0 Å². The fourth-order valence-electron chi connectivity index (χ4n) is 2.78. The maximum atomic E-state index is 13.3. The Morgan fingerprint density at radius 2 is 1.72 bits per heavy atom. The van der Waals surface area contributed by atoms with Gasteiger partial charge in [-0.2, -0.15) is 8.42 Å². The number of nitrogens with zero attached hydrogens (tertiary/aromatic N) is 2. The Hall–Kier alpha value is -3.86. The number of carbonyl (C=O) groups excluding carboxylic acids is 1. The number of rotatable bonds is 7. The van der Waals surface area contributed by atoms with E-state index < -0.39 is 43.2 Å². The fraction of sp³-hybridized carbons (Fsp3) is 0.0952. The molecule has 0 bridgehead atoms. The van der Waals surface area contributed by atoms with Crippen LogP contribution < -0.4 is 4.18 Å². The van der Waals surface area contributed by atoms with E-state index in [1.807, 2.05) is 0 Å². The maximum absolute atomic E-state index is 13.3. The number of nitro benzene ring substituents is 1. The van der Waals surface area contributed by atoms with Crippen molar-refractivity contribution in [3.63, 3.8) is 0 Å². The van der Waals surface area contributed by atoms with Gasteiger partial charge in [-0.1, -0.05) is 12.1 Å². The Morgan fingerprint density at radius 1 is 1.03 bits per heavy atom. The highest BCUT2D eigenvalue weighted by atomic mass is 32.2. The third kappa shape index (κ3) is 5.24. The number of hydrogen-bond acceptors (Lipinski definition) is 6. The molecule has 3 rings (SSSR count). The van der Waals surface area contributed by atoms with Crippen LogP contribution in [0.2, 0.25) is 0 Å². The Balaban J connectivity index is 1.71. The van der Waals surface area contributed by atoms with E-state index in [-0.39, 0.29) is 17.9 Å². The molecule has 0 saturated heterocycles. The third-order valence-corrected chi connectivity index (χ3v) is 5.62. The summed E-state index contributed by atoms with van der Waals surface area (Å²) in [5, 5.41) is 10.8. The number of amides is 1. The number of benzene rings is 3. The number of halogens is 2. The highest BCUT2D eigenvalue weighted by molar-refractivity contribution is 7.87. The standard InChI is InChI=1S/C21H16F2N2O6S/c1-24(13-14-5-10-19(22)20(23)11-14)21(26)15-6-8-17(9-7-15)31-32(29,30)18-4-2-3-16(12-18)25(27)28/h2-12H,13H2,1H3. The fourth-order valence-corrected chi connectivity index (χ4v) is 3.76. The van der Waals surface area contributed by atoms with Crippen molar-refractivity contribution in [1.82, 2.24) is 4.90 Å². The van der Waals surface area contributed by atoms with Crippen molar-refractivity contribution in [2.75, 3.05) is 7.05 Å². The lowest BCUT2D eigenvalue weighted by atomic mass is 10.1. The van der Waals surface area contributed by atoms with Crippen LogP contribution in [-0.4, -0.2) is 31.2 Å². The van der Waals surface area contributed by atoms with Crippen LogP contribution in [0.3, 0.4) is 0 Å². The first-order valence-corrected chi connectivity index (χ1v) is 10.5. The van der Waals surface area contributed by atoms with E-state index in [9.17, 15) is 32.1 Å². The molecule has 0 aliphatic heterocycles. The number of hydrogen-bond donors (Lipinski definition) is 0. The molecule has 0 fully saturated rings. The molecule has 0 aliphatic carbocycles. The molecule has 0 spiro atoms. The van der Waals surface area contributed by atoms with Crippen LogP contribution in [-0.2, 0) is 16.7 Å². The third-order valence-electron chi connectivity index (χ3n) is 4.37. The molecule has 8 nitrogen and oxygen atoms in total. The first-order chi connectivity index (χ1) is 15.1. The molecule has 0 aliphatic rings. The van der Waals surface area contributed by atoms with Crippen LogP contribution in [0.15, 0.2) is 71.6 Å². The zero-order valence-corrected chi connectivity index (χ0v) is 17.4. The first-order valence-electron chi connectivity index (χ1n) is 9.05. The summed E-state index contributed by atoms with van der Waals surface area (Å²) in [4.78, 5) is 23.6. The van der Waals surface area contributed by atoms with Crippen molar-refractivity contribution in [3.8, 4) is 5.75 Å². The molecule has 3 aromatic rings. The van der Waals surface area contributed by atoms with E-state index in [0.717, 1.165) is 30.3 Å². The molecule has 3 aromatic carbocycles. The van der Waals surface area contributed by atoms with Crippen molar-refractivity contribution >= 4 is 21.7 Å². The summed E-state index contributed by atoms with van der Waals surface area (Å²) < 4.78 is 56.1. The number of non-ortho nitro benzene ring substituents is 1. The number of carbonyl (C=O) groups is 1. The second kappa shape index (κ2) is 9.10. The van der Waals surface area contributed by atoms with E-state index >= 15 is 0 Å². The minimum Gasteiger partial charge on any atom is -0.379 e. The highest BCUT2D eigenvalue weighted by Crippen LogP contribution is 2.23. The highest BCUT2D eigenvalue weighted by Gasteiger charge is 2.20. The normalized spacial score (nSPS) is 11.1. The summed E-state index contributed by atoms with van der Waals surface area (Å²) in [5.74, 6) is -2.55. The van der Waals surface area contributed by atoms with E-state index in [1.54, 1.807) is 0 Å². The summed E-state index contributed by atoms with van der Waals surface area (Å²) in [6.45, 7) is 0.0233. The maximum Gasteiger partial charge on any atom is 0.339 e. The molecule has 32 heavy (non-hydrogen) atoms. The monoisotopic (exact) mass is 462 g/mol. The van der Waals surface area contributed by atoms with Crippen LogP contribution >= 0.6 is 0 Å². The van der Waals surface area contributed by atoms with Crippen molar-refractivity contribution in [2.24, 2.45) is 0 Å². The van der Waals surface area contributed by atoms with E-state index in [2.05, 4.69) is 0 Å². The zero-order valence-electron chi connectivity index (χ0n) is 16.6. The number of nitro groups is 1.